The van der Waals surface area contributed by atoms with Crippen LogP contribution in [0.2, 0.25) is 58.9 Å². The number of ether oxygens (including phenoxy) is 1. The first kappa shape index (κ1) is 22.5. The molecule has 3 unspecified atom stereocenters. The van der Waals surface area contributed by atoms with Gasteiger partial charge in [0.15, 0.2) is 31.2 Å². The van der Waals surface area contributed by atoms with Crippen molar-refractivity contribution in [3.05, 3.63) is 0 Å². The molecule has 144 valence electrons. The van der Waals surface area contributed by atoms with E-state index in [1.54, 1.807) is 0 Å². The quantitative estimate of drug-likeness (QED) is 0.643. The minimum atomic E-state index is -1.94. The maximum atomic E-state index is 10.5. The SMILES string of the molecule is C[Si](C)(C)OC1C(O[Si](C)(C)C)[C@@H](O)OC(CO)[C@H]1O[Si](C)(C)C. The van der Waals surface area contributed by atoms with Gasteiger partial charge in [-0.1, -0.05) is 0 Å². The first-order valence-corrected chi connectivity index (χ1v) is 18.8. The molecule has 0 radical (unpaired) electrons. The Labute approximate surface area is 149 Å². The van der Waals surface area contributed by atoms with Crippen molar-refractivity contribution in [2.75, 3.05) is 6.61 Å². The summed E-state index contributed by atoms with van der Waals surface area (Å²) in [5, 5.41) is 20.2. The van der Waals surface area contributed by atoms with Crippen LogP contribution in [0.4, 0.5) is 0 Å². The standard InChI is InChI=1S/C15H36O6Si3/c1-22(2,3)19-12-11(10-16)18-15(17)14(21-24(7,8)9)13(12)20-23(4,5)6/h11-17H,10H2,1-9H3/t11?,12-,13?,14?,15+/m1/s1. The van der Waals surface area contributed by atoms with Crippen molar-refractivity contribution in [1.82, 2.24) is 0 Å². The highest BCUT2D eigenvalue weighted by molar-refractivity contribution is 6.70. The van der Waals surface area contributed by atoms with Crippen LogP contribution in [0.1, 0.15) is 0 Å². The lowest BCUT2D eigenvalue weighted by atomic mass is 9.99. The molecule has 9 heteroatoms. The van der Waals surface area contributed by atoms with Gasteiger partial charge in [0.2, 0.25) is 0 Å². The Kier molecular flexibility index (Phi) is 7.46. The number of aliphatic hydroxyl groups is 2. The van der Waals surface area contributed by atoms with E-state index in [0.29, 0.717) is 0 Å². The van der Waals surface area contributed by atoms with Crippen molar-refractivity contribution in [2.45, 2.75) is 89.6 Å². The zero-order valence-corrected chi connectivity index (χ0v) is 19.6. The first-order chi connectivity index (χ1) is 10.6. The van der Waals surface area contributed by atoms with Crippen LogP contribution in [0.25, 0.3) is 0 Å². The molecule has 1 heterocycles. The maximum absolute atomic E-state index is 10.5. The Bertz CT molecular complexity index is 401. The fourth-order valence-electron chi connectivity index (χ4n) is 2.67. The summed E-state index contributed by atoms with van der Waals surface area (Å²) in [6.07, 6.45) is -3.24. The third-order valence-electron chi connectivity index (χ3n) is 3.26. The van der Waals surface area contributed by atoms with E-state index in [1.807, 2.05) is 0 Å². The van der Waals surface area contributed by atoms with Gasteiger partial charge < -0.3 is 28.2 Å². The van der Waals surface area contributed by atoms with E-state index in [4.69, 9.17) is 18.0 Å². The van der Waals surface area contributed by atoms with Gasteiger partial charge in [-0.2, -0.15) is 0 Å². The van der Waals surface area contributed by atoms with Gasteiger partial charge in [-0.3, -0.25) is 0 Å². The van der Waals surface area contributed by atoms with Gasteiger partial charge >= 0.3 is 0 Å². The Morgan fingerprint density at radius 1 is 0.708 bits per heavy atom. The Morgan fingerprint density at radius 3 is 1.46 bits per heavy atom. The van der Waals surface area contributed by atoms with E-state index in [0.717, 1.165) is 0 Å². The third kappa shape index (κ3) is 7.34. The van der Waals surface area contributed by atoms with E-state index < -0.39 is 55.7 Å². The molecule has 24 heavy (non-hydrogen) atoms. The molecule has 1 aliphatic heterocycles. The average Bonchev–Trinajstić information content (AvgIpc) is 2.32. The fourth-order valence-corrected chi connectivity index (χ4v) is 5.92. The Hall–Kier alpha value is 0.411. The van der Waals surface area contributed by atoms with E-state index >= 15 is 0 Å². The zero-order chi connectivity index (χ0) is 18.9. The largest absolute Gasteiger partial charge is 0.409 e. The predicted molar refractivity (Wildman–Crippen MR) is 103 cm³/mol. The average molecular weight is 397 g/mol. The number of rotatable bonds is 7. The minimum absolute atomic E-state index is 0.225. The summed E-state index contributed by atoms with van der Waals surface area (Å²) in [5.41, 5.74) is 0. The molecule has 0 bridgehead atoms. The van der Waals surface area contributed by atoms with Gasteiger partial charge in [0, 0.05) is 0 Å². The van der Waals surface area contributed by atoms with Gasteiger partial charge in [-0.05, 0) is 58.9 Å². The molecule has 0 amide bonds. The van der Waals surface area contributed by atoms with Crippen molar-refractivity contribution >= 4 is 25.0 Å². The maximum Gasteiger partial charge on any atom is 0.184 e. The molecule has 0 aromatic carbocycles. The molecular weight excluding hydrogens is 360 g/mol. The molecule has 1 fully saturated rings. The molecule has 2 N–H and O–H groups in total. The third-order valence-corrected chi connectivity index (χ3v) is 6.20. The van der Waals surface area contributed by atoms with Crippen LogP contribution in [-0.4, -0.2) is 72.5 Å². The van der Waals surface area contributed by atoms with Gasteiger partial charge in [0.1, 0.15) is 24.4 Å². The second kappa shape index (κ2) is 7.97. The Balaban J connectivity index is 3.20. The molecule has 0 aromatic heterocycles. The van der Waals surface area contributed by atoms with Crippen LogP contribution in [0.5, 0.6) is 0 Å². The van der Waals surface area contributed by atoms with Crippen LogP contribution in [0.15, 0.2) is 0 Å². The molecule has 0 aliphatic carbocycles. The van der Waals surface area contributed by atoms with E-state index in [2.05, 4.69) is 58.9 Å². The monoisotopic (exact) mass is 396 g/mol. The number of aliphatic hydroxyl groups excluding tert-OH is 2. The van der Waals surface area contributed by atoms with Crippen molar-refractivity contribution in [2.24, 2.45) is 0 Å². The number of hydrogen-bond acceptors (Lipinski definition) is 6. The summed E-state index contributed by atoms with van der Waals surface area (Å²) >= 11 is 0. The first-order valence-electron chi connectivity index (χ1n) is 8.61. The van der Waals surface area contributed by atoms with E-state index in [1.165, 1.54) is 0 Å². The van der Waals surface area contributed by atoms with Crippen molar-refractivity contribution in [3.63, 3.8) is 0 Å². The van der Waals surface area contributed by atoms with E-state index in [-0.39, 0.29) is 6.61 Å². The summed E-state index contributed by atoms with van der Waals surface area (Å²) in [5.74, 6) is 0. The van der Waals surface area contributed by atoms with E-state index in [9.17, 15) is 10.2 Å². The summed E-state index contributed by atoms with van der Waals surface area (Å²) in [4.78, 5) is 0. The minimum Gasteiger partial charge on any atom is -0.409 e. The lowest BCUT2D eigenvalue weighted by Crippen LogP contribution is -2.65. The molecule has 1 aliphatic rings. The summed E-state index contributed by atoms with van der Waals surface area (Å²) in [6, 6.07) is 0. The van der Waals surface area contributed by atoms with Crippen LogP contribution in [-0.2, 0) is 18.0 Å². The molecule has 0 saturated carbocycles. The van der Waals surface area contributed by atoms with Gasteiger partial charge in [0.25, 0.3) is 0 Å². The molecule has 5 atom stereocenters. The Morgan fingerprint density at radius 2 is 1.08 bits per heavy atom. The highest BCUT2D eigenvalue weighted by Crippen LogP contribution is 2.32. The highest BCUT2D eigenvalue weighted by atomic mass is 28.4. The second-order valence-electron chi connectivity index (χ2n) is 9.33. The van der Waals surface area contributed by atoms with Gasteiger partial charge in [-0.25, -0.2) is 0 Å². The van der Waals surface area contributed by atoms with Crippen LogP contribution < -0.4 is 0 Å². The van der Waals surface area contributed by atoms with Crippen LogP contribution in [0, 0.1) is 0 Å². The number of hydrogen-bond donors (Lipinski definition) is 2. The summed E-state index contributed by atoms with van der Waals surface area (Å²) in [7, 11) is -5.78. The molecule has 6 nitrogen and oxygen atoms in total. The molecule has 0 aromatic rings. The topological polar surface area (TPSA) is 77.4 Å². The highest BCUT2D eigenvalue weighted by Gasteiger charge is 2.50. The van der Waals surface area contributed by atoms with Crippen molar-refractivity contribution in [3.8, 4) is 0 Å². The van der Waals surface area contributed by atoms with Crippen LogP contribution in [0.3, 0.4) is 0 Å². The molecule has 1 saturated heterocycles. The van der Waals surface area contributed by atoms with Crippen molar-refractivity contribution < 1.29 is 28.2 Å². The van der Waals surface area contributed by atoms with Crippen LogP contribution >= 0.6 is 0 Å². The summed E-state index contributed by atoms with van der Waals surface area (Å²) < 4.78 is 24.5. The lowest BCUT2D eigenvalue weighted by molar-refractivity contribution is -0.275. The lowest BCUT2D eigenvalue weighted by Gasteiger charge is -2.49. The fraction of sp³-hybridized carbons (Fsp3) is 1.00. The summed E-state index contributed by atoms with van der Waals surface area (Å²) in [6.45, 7) is 18.5. The zero-order valence-electron chi connectivity index (χ0n) is 16.6. The van der Waals surface area contributed by atoms with Gasteiger partial charge in [0.05, 0.1) is 6.61 Å². The second-order valence-corrected chi connectivity index (χ2v) is 22.7. The van der Waals surface area contributed by atoms with Gasteiger partial charge in [-0.15, -0.1) is 0 Å². The predicted octanol–water partition coefficient (Wildman–Crippen LogP) is 2.36. The van der Waals surface area contributed by atoms with Crippen molar-refractivity contribution in [1.29, 1.82) is 0 Å². The molecule has 1 rings (SSSR count). The molecule has 0 spiro atoms. The molecular formula is C15H36O6Si3. The smallest absolute Gasteiger partial charge is 0.184 e. The normalized spacial score (nSPS) is 32.9.